The van der Waals surface area contributed by atoms with Gasteiger partial charge in [-0.15, -0.1) is 0 Å². The largest absolute Gasteiger partial charge is 0.446 e. The van der Waals surface area contributed by atoms with Crippen molar-refractivity contribution in [1.82, 2.24) is 10.4 Å². The highest BCUT2D eigenvalue weighted by Gasteiger charge is 2.37. The lowest BCUT2D eigenvalue weighted by molar-refractivity contribution is 0.0279. The molecule has 2 amide bonds. The highest BCUT2D eigenvalue weighted by atomic mass is 16.6. The first-order valence-corrected chi connectivity index (χ1v) is 8.77. The molecule has 0 saturated carbocycles. The van der Waals surface area contributed by atoms with Gasteiger partial charge >= 0.3 is 12.2 Å². The SMILES string of the molecule is CC(C)OC(=O)NN(C(=O)OC(C)C)[C@H]1CCc2cc(C#N)ccc2C1=O. The van der Waals surface area contributed by atoms with Crippen LogP contribution in [0.2, 0.25) is 0 Å². The summed E-state index contributed by atoms with van der Waals surface area (Å²) >= 11 is 0. The Labute approximate surface area is 158 Å². The van der Waals surface area contributed by atoms with Crippen LogP contribution in [-0.4, -0.2) is 41.2 Å². The van der Waals surface area contributed by atoms with Gasteiger partial charge in [0.05, 0.1) is 23.8 Å². The fourth-order valence-corrected chi connectivity index (χ4v) is 2.81. The molecule has 1 N–H and O–H groups in total. The molecule has 0 aliphatic heterocycles. The summed E-state index contributed by atoms with van der Waals surface area (Å²) in [7, 11) is 0. The highest BCUT2D eigenvalue weighted by Crippen LogP contribution is 2.25. The number of fused-ring (bicyclic) bond motifs is 1. The van der Waals surface area contributed by atoms with Crippen molar-refractivity contribution in [1.29, 1.82) is 5.26 Å². The number of aryl methyl sites for hydroxylation is 1. The van der Waals surface area contributed by atoms with Gasteiger partial charge in [0.15, 0.2) is 5.78 Å². The number of carbonyl (C=O) groups excluding carboxylic acids is 3. The Morgan fingerprint density at radius 2 is 1.89 bits per heavy atom. The zero-order valence-corrected chi connectivity index (χ0v) is 15.8. The molecule has 0 heterocycles. The molecule has 0 bridgehead atoms. The molecule has 1 aliphatic rings. The van der Waals surface area contributed by atoms with E-state index in [0.29, 0.717) is 17.5 Å². The molecular weight excluding hydrogens is 350 g/mol. The number of Topliss-reactive ketones (excluding diaryl/α,β-unsaturated/α-hetero) is 1. The minimum absolute atomic E-state index is 0.288. The van der Waals surface area contributed by atoms with Crippen LogP contribution in [0.3, 0.4) is 0 Å². The zero-order chi connectivity index (χ0) is 20.1. The number of hydrogen-bond acceptors (Lipinski definition) is 6. The third-order valence-corrected chi connectivity index (χ3v) is 3.89. The summed E-state index contributed by atoms with van der Waals surface area (Å²) in [5.74, 6) is -0.328. The first kappa shape index (κ1) is 20.2. The number of hydrogen-bond donors (Lipinski definition) is 1. The molecule has 1 aromatic rings. The average Bonchev–Trinajstić information content (AvgIpc) is 2.58. The molecule has 1 aliphatic carbocycles. The molecular formula is C19H23N3O5. The Morgan fingerprint density at radius 1 is 1.22 bits per heavy atom. The van der Waals surface area contributed by atoms with Gasteiger partial charge in [0.2, 0.25) is 0 Å². The number of benzene rings is 1. The maximum Gasteiger partial charge on any atom is 0.429 e. The highest BCUT2D eigenvalue weighted by molar-refractivity contribution is 6.03. The van der Waals surface area contributed by atoms with Crippen molar-refractivity contribution in [3.63, 3.8) is 0 Å². The van der Waals surface area contributed by atoms with E-state index in [0.717, 1.165) is 10.6 Å². The smallest absolute Gasteiger partial charge is 0.429 e. The van der Waals surface area contributed by atoms with Gasteiger partial charge in [-0.25, -0.2) is 20.0 Å². The summed E-state index contributed by atoms with van der Waals surface area (Å²) in [5, 5.41) is 9.90. The van der Waals surface area contributed by atoms with E-state index < -0.39 is 24.3 Å². The molecule has 1 atom stereocenters. The molecule has 8 heteroatoms. The third-order valence-electron chi connectivity index (χ3n) is 3.89. The third kappa shape index (κ3) is 4.97. The van der Waals surface area contributed by atoms with E-state index in [1.807, 2.05) is 6.07 Å². The Hall–Kier alpha value is -3.08. The van der Waals surface area contributed by atoms with Crippen molar-refractivity contribution in [3.05, 3.63) is 34.9 Å². The molecule has 1 aromatic carbocycles. The predicted octanol–water partition coefficient (Wildman–Crippen LogP) is 2.95. The van der Waals surface area contributed by atoms with Crippen LogP contribution in [0.25, 0.3) is 0 Å². The van der Waals surface area contributed by atoms with Crippen LogP contribution in [0, 0.1) is 11.3 Å². The lowest BCUT2D eigenvalue weighted by atomic mass is 9.86. The second kappa shape index (κ2) is 8.54. The van der Waals surface area contributed by atoms with Crippen LogP contribution >= 0.6 is 0 Å². The van der Waals surface area contributed by atoms with Crippen LogP contribution in [0.4, 0.5) is 9.59 Å². The molecule has 0 fully saturated rings. The Kier molecular flexibility index (Phi) is 6.40. The lowest BCUT2D eigenvalue weighted by Crippen LogP contribution is -2.56. The van der Waals surface area contributed by atoms with Crippen molar-refractivity contribution in [3.8, 4) is 6.07 Å². The number of hydrazine groups is 1. The van der Waals surface area contributed by atoms with Gasteiger partial charge in [-0.2, -0.15) is 5.26 Å². The molecule has 0 saturated heterocycles. The van der Waals surface area contributed by atoms with Crippen LogP contribution in [0.5, 0.6) is 0 Å². The summed E-state index contributed by atoms with van der Waals surface area (Å²) < 4.78 is 10.2. The summed E-state index contributed by atoms with van der Waals surface area (Å²) in [6, 6.07) is 5.91. The second-order valence-corrected chi connectivity index (χ2v) is 6.77. The number of carbonyl (C=O) groups is 3. The van der Waals surface area contributed by atoms with Crippen molar-refractivity contribution >= 4 is 18.0 Å². The normalized spacial score (nSPS) is 15.7. The predicted molar refractivity (Wildman–Crippen MR) is 95.8 cm³/mol. The minimum atomic E-state index is -0.920. The van der Waals surface area contributed by atoms with E-state index in [2.05, 4.69) is 5.43 Å². The minimum Gasteiger partial charge on any atom is -0.446 e. The van der Waals surface area contributed by atoms with Crippen LogP contribution in [0.1, 0.15) is 55.6 Å². The van der Waals surface area contributed by atoms with Gasteiger partial charge in [-0.05, 0) is 64.3 Å². The van der Waals surface area contributed by atoms with Crippen molar-refractivity contribution < 1.29 is 23.9 Å². The average molecular weight is 373 g/mol. The van der Waals surface area contributed by atoms with Crippen LogP contribution < -0.4 is 5.43 Å². The molecule has 27 heavy (non-hydrogen) atoms. The number of nitrogens with zero attached hydrogens (tertiary/aromatic N) is 2. The number of nitriles is 1. The summed E-state index contributed by atoms with van der Waals surface area (Å²) in [6.07, 6.45) is -1.72. The molecule has 2 rings (SSSR count). The molecule has 0 radical (unpaired) electrons. The van der Waals surface area contributed by atoms with Crippen LogP contribution in [0.15, 0.2) is 18.2 Å². The van der Waals surface area contributed by atoms with E-state index in [4.69, 9.17) is 14.7 Å². The van der Waals surface area contributed by atoms with Gasteiger partial charge in [-0.1, -0.05) is 0 Å². The summed E-state index contributed by atoms with van der Waals surface area (Å²) in [6.45, 7) is 6.68. The fraction of sp³-hybridized carbons (Fsp3) is 0.474. The second-order valence-electron chi connectivity index (χ2n) is 6.77. The maximum atomic E-state index is 12.9. The monoisotopic (exact) mass is 373 g/mol. The van der Waals surface area contributed by atoms with E-state index in [1.165, 1.54) is 0 Å². The van der Waals surface area contributed by atoms with Gasteiger partial charge in [0.25, 0.3) is 0 Å². The maximum absolute atomic E-state index is 12.9. The standard InChI is InChI=1S/C19H23N3O5/c1-11(2)26-18(24)21-22(19(25)27-12(3)4)16-8-6-14-9-13(10-20)5-7-15(14)17(16)23/h5,7,9,11-12,16H,6,8H2,1-4H3,(H,21,24)/t16-/m0/s1. The topological polar surface area (TPSA) is 109 Å². The zero-order valence-electron chi connectivity index (χ0n) is 15.8. The summed E-state index contributed by atoms with van der Waals surface area (Å²) in [4.78, 5) is 37.4. The Morgan fingerprint density at radius 3 is 2.48 bits per heavy atom. The first-order chi connectivity index (χ1) is 12.7. The molecule has 8 nitrogen and oxygen atoms in total. The van der Waals surface area contributed by atoms with Gasteiger partial charge in [-0.3, -0.25) is 4.79 Å². The Bertz CT molecular complexity index is 782. The van der Waals surface area contributed by atoms with E-state index in [9.17, 15) is 14.4 Å². The number of ketones is 1. The number of amides is 2. The van der Waals surface area contributed by atoms with Crippen molar-refractivity contribution in [2.75, 3.05) is 0 Å². The van der Waals surface area contributed by atoms with Crippen molar-refractivity contribution in [2.24, 2.45) is 0 Å². The van der Waals surface area contributed by atoms with Crippen LogP contribution in [-0.2, 0) is 15.9 Å². The number of ether oxygens (including phenoxy) is 2. The van der Waals surface area contributed by atoms with Gasteiger partial charge in [0, 0.05) is 5.56 Å². The van der Waals surface area contributed by atoms with E-state index in [-0.39, 0.29) is 18.3 Å². The van der Waals surface area contributed by atoms with E-state index in [1.54, 1.807) is 45.9 Å². The number of nitrogens with one attached hydrogen (secondary N) is 1. The molecule has 144 valence electrons. The fourth-order valence-electron chi connectivity index (χ4n) is 2.81. The quantitative estimate of drug-likeness (QED) is 0.816. The number of rotatable bonds is 3. The Balaban J connectivity index is 2.28. The molecule has 0 spiro atoms. The van der Waals surface area contributed by atoms with E-state index >= 15 is 0 Å². The summed E-state index contributed by atoms with van der Waals surface area (Å²) in [5.41, 5.74) is 3.97. The van der Waals surface area contributed by atoms with Crippen molar-refractivity contribution in [2.45, 2.75) is 58.8 Å². The lowest BCUT2D eigenvalue weighted by Gasteiger charge is -2.33. The first-order valence-electron chi connectivity index (χ1n) is 8.77. The molecule has 0 aromatic heterocycles. The van der Waals surface area contributed by atoms with Gasteiger partial charge < -0.3 is 9.47 Å². The van der Waals surface area contributed by atoms with Gasteiger partial charge in [0.1, 0.15) is 6.04 Å². The molecule has 0 unspecified atom stereocenters.